The van der Waals surface area contributed by atoms with Gasteiger partial charge in [0.25, 0.3) is 0 Å². The number of nitrogens with two attached hydrogens (primary N) is 1. The van der Waals surface area contributed by atoms with Crippen LogP contribution in [0.1, 0.15) is 50.7 Å². The van der Waals surface area contributed by atoms with E-state index >= 15 is 0 Å². The lowest BCUT2D eigenvalue weighted by Crippen LogP contribution is -2.25. The Kier molecular flexibility index (Phi) is 5.47. The largest absolute Gasteiger partial charge is 0.372 e. The van der Waals surface area contributed by atoms with E-state index in [4.69, 9.17) is 5.73 Å². The molecule has 1 aromatic rings. The van der Waals surface area contributed by atoms with E-state index in [0.29, 0.717) is 6.04 Å². The number of rotatable bonds is 4. The second-order valence-corrected chi connectivity index (χ2v) is 6.51. The normalized spacial score (nSPS) is 21.6. The zero-order chi connectivity index (χ0) is 14.5. The molecule has 20 heavy (non-hydrogen) atoms. The van der Waals surface area contributed by atoms with Crippen molar-refractivity contribution in [3.63, 3.8) is 0 Å². The molecular formula is C18H30N2. The lowest BCUT2D eigenvalue weighted by molar-refractivity contribution is 0.521. The van der Waals surface area contributed by atoms with E-state index < -0.39 is 0 Å². The minimum absolute atomic E-state index is 0.290. The summed E-state index contributed by atoms with van der Waals surface area (Å²) in [6, 6.07) is 7.22. The van der Waals surface area contributed by atoms with E-state index in [-0.39, 0.29) is 0 Å². The lowest BCUT2D eigenvalue weighted by atomic mass is 9.99. The Morgan fingerprint density at radius 3 is 2.80 bits per heavy atom. The van der Waals surface area contributed by atoms with Gasteiger partial charge < -0.3 is 10.6 Å². The first-order chi connectivity index (χ1) is 9.60. The van der Waals surface area contributed by atoms with Crippen LogP contribution in [0.2, 0.25) is 0 Å². The summed E-state index contributed by atoms with van der Waals surface area (Å²) in [6.07, 6.45) is 6.06. The standard InChI is InChI=1S/C18H30N2/c1-4-17(19)13-16-7-8-18(12-15(16)3)20-10-5-6-14(2)9-11-20/h7-8,12,14,17H,4-6,9-11,13,19H2,1-3H3. The first-order valence-electron chi connectivity index (χ1n) is 8.20. The maximum atomic E-state index is 6.08. The molecule has 1 aliphatic heterocycles. The molecule has 0 amide bonds. The van der Waals surface area contributed by atoms with Gasteiger partial charge in [-0.05, 0) is 68.2 Å². The Morgan fingerprint density at radius 1 is 1.30 bits per heavy atom. The Morgan fingerprint density at radius 2 is 2.10 bits per heavy atom. The van der Waals surface area contributed by atoms with Crippen molar-refractivity contribution in [3.05, 3.63) is 29.3 Å². The van der Waals surface area contributed by atoms with Crippen LogP contribution < -0.4 is 10.6 Å². The molecule has 1 saturated heterocycles. The summed E-state index contributed by atoms with van der Waals surface area (Å²) >= 11 is 0. The molecule has 2 unspecified atom stereocenters. The van der Waals surface area contributed by atoms with Crippen molar-refractivity contribution >= 4 is 5.69 Å². The van der Waals surface area contributed by atoms with Gasteiger partial charge in [0.15, 0.2) is 0 Å². The Balaban J connectivity index is 2.08. The molecule has 0 spiro atoms. The fourth-order valence-corrected chi connectivity index (χ4v) is 3.05. The van der Waals surface area contributed by atoms with Gasteiger partial charge in [0.1, 0.15) is 0 Å². The molecule has 0 aliphatic carbocycles. The number of aryl methyl sites for hydroxylation is 1. The molecule has 1 heterocycles. The van der Waals surface area contributed by atoms with Gasteiger partial charge in [-0.3, -0.25) is 0 Å². The third kappa shape index (κ3) is 3.99. The van der Waals surface area contributed by atoms with Crippen molar-refractivity contribution in [1.29, 1.82) is 0 Å². The van der Waals surface area contributed by atoms with Crippen LogP contribution in [0.3, 0.4) is 0 Å². The molecule has 1 aromatic carbocycles. The van der Waals surface area contributed by atoms with Crippen LogP contribution in [0.4, 0.5) is 5.69 Å². The highest BCUT2D eigenvalue weighted by Crippen LogP contribution is 2.25. The average Bonchev–Trinajstić information content (AvgIpc) is 2.65. The number of nitrogens with zero attached hydrogens (tertiary/aromatic N) is 1. The molecule has 1 aliphatic rings. The van der Waals surface area contributed by atoms with Gasteiger partial charge in [-0.25, -0.2) is 0 Å². The second-order valence-electron chi connectivity index (χ2n) is 6.51. The molecular weight excluding hydrogens is 244 g/mol. The Bertz CT molecular complexity index is 427. The molecule has 0 bridgehead atoms. The van der Waals surface area contributed by atoms with E-state index in [1.807, 2.05) is 0 Å². The number of hydrogen-bond donors (Lipinski definition) is 1. The van der Waals surface area contributed by atoms with E-state index in [0.717, 1.165) is 18.8 Å². The monoisotopic (exact) mass is 274 g/mol. The predicted octanol–water partition coefficient (Wildman–Crippen LogP) is 3.90. The summed E-state index contributed by atoms with van der Waals surface area (Å²) in [6.45, 7) is 9.17. The van der Waals surface area contributed by atoms with Crippen LogP contribution in [-0.2, 0) is 6.42 Å². The van der Waals surface area contributed by atoms with Gasteiger partial charge >= 0.3 is 0 Å². The lowest BCUT2D eigenvalue weighted by Gasteiger charge is -2.24. The first kappa shape index (κ1) is 15.4. The molecule has 1 fully saturated rings. The van der Waals surface area contributed by atoms with Crippen molar-refractivity contribution in [1.82, 2.24) is 0 Å². The summed E-state index contributed by atoms with van der Waals surface area (Å²) in [5.41, 5.74) is 10.3. The van der Waals surface area contributed by atoms with Crippen LogP contribution in [0, 0.1) is 12.8 Å². The van der Waals surface area contributed by atoms with Crippen molar-refractivity contribution in [3.8, 4) is 0 Å². The summed E-state index contributed by atoms with van der Waals surface area (Å²) in [4.78, 5) is 2.56. The third-order valence-corrected chi connectivity index (χ3v) is 4.71. The number of anilines is 1. The zero-order valence-electron chi connectivity index (χ0n) is 13.4. The smallest absolute Gasteiger partial charge is 0.0369 e. The molecule has 2 atom stereocenters. The second kappa shape index (κ2) is 7.12. The van der Waals surface area contributed by atoms with E-state index in [1.54, 1.807) is 0 Å². The Labute approximate surface area is 124 Å². The van der Waals surface area contributed by atoms with Gasteiger partial charge in [-0.15, -0.1) is 0 Å². The summed E-state index contributed by atoms with van der Waals surface area (Å²) in [5, 5.41) is 0. The molecule has 2 nitrogen and oxygen atoms in total. The van der Waals surface area contributed by atoms with E-state index in [2.05, 4.69) is 43.9 Å². The highest BCUT2D eigenvalue weighted by Gasteiger charge is 2.15. The minimum atomic E-state index is 0.290. The van der Waals surface area contributed by atoms with Crippen LogP contribution >= 0.6 is 0 Å². The fraction of sp³-hybridized carbons (Fsp3) is 0.667. The summed E-state index contributed by atoms with van der Waals surface area (Å²) in [5.74, 6) is 0.878. The fourth-order valence-electron chi connectivity index (χ4n) is 3.05. The van der Waals surface area contributed by atoms with Gasteiger partial charge in [-0.1, -0.05) is 19.9 Å². The molecule has 2 rings (SSSR count). The van der Waals surface area contributed by atoms with Gasteiger partial charge in [-0.2, -0.15) is 0 Å². The molecule has 2 N–H and O–H groups in total. The predicted molar refractivity (Wildman–Crippen MR) is 88.4 cm³/mol. The van der Waals surface area contributed by atoms with Crippen LogP contribution in [0.5, 0.6) is 0 Å². The third-order valence-electron chi connectivity index (χ3n) is 4.71. The van der Waals surface area contributed by atoms with E-state index in [9.17, 15) is 0 Å². The number of benzene rings is 1. The van der Waals surface area contributed by atoms with Gasteiger partial charge in [0.05, 0.1) is 0 Å². The van der Waals surface area contributed by atoms with Crippen molar-refractivity contribution < 1.29 is 0 Å². The SMILES string of the molecule is CCC(N)Cc1ccc(N2CCCC(C)CC2)cc1C. The van der Waals surface area contributed by atoms with Gasteiger partial charge in [0.2, 0.25) is 0 Å². The topological polar surface area (TPSA) is 29.3 Å². The van der Waals surface area contributed by atoms with Crippen LogP contribution in [0.15, 0.2) is 18.2 Å². The molecule has 0 aromatic heterocycles. The highest BCUT2D eigenvalue weighted by atomic mass is 15.1. The number of hydrogen-bond acceptors (Lipinski definition) is 2. The molecule has 0 radical (unpaired) electrons. The minimum Gasteiger partial charge on any atom is -0.372 e. The molecule has 112 valence electrons. The van der Waals surface area contributed by atoms with E-state index in [1.165, 1.54) is 49.2 Å². The molecule has 0 saturated carbocycles. The van der Waals surface area contributed by atoms with Crippen LogP contribution in [-0.4, -0.2) is 19.1 Å². The summed E-state index contributed by atoms with van der Waals surface area (Å²) < 4.78 is 0. The quantitative estimate of drug-likeness (QED) is 0.902. The maximum absolute atomic E-state index is 6.08. The summed E-state index contributed by atoms with van der Waals surface area (Å²) in [7, 11) is 0. The van der Waals surface area contributed by atoms with Crippen molar-refractivity contribution in [2.45, 2.75) is 58.9 Å². The van der Waals surface area contributed by atoms with Gasteiger partial charge in [0, 0.05) is 24.8 Å². The Hall–Kier alpha value is -1.02. The average molecular weight is 274 g/mol. The highest BCUT2D eigenvalue weighted by molar-refractivity contribution is 5.51. The van der Waals surface area contributed by atoms with Crippen LogP contribution in [0.25, 0.3) is 0 Å². The maximum Gasteiger partial charge on any atom is 0.0369 e. The first-order valence-corrected chi connectivity index (χ1v) is 8.20. The molecule has 2 heteroatoms. The van der Waals surface area contributed by atoms with Crippen molar-refractivity contribution in [2.24, 2.45) is 11.7 Å². The zero-order valence-corrected chi connectivity index (χ0v) is 13.4. The van der Waals surface area contributed by atoms with Crippen molar-refractivity contribution in [2.75, 3.05) is 18.0 Å².